The second-order valence-electron chi connectivity index (χ2n) is 14.1. The Morgan fingerprint density at radius 2 is 1.18 bits per heavy atom. The number of nitrogens with zero attached hydrogens (tertiary/aromatic N) is 5. The van der Waals surface area contributed by atoms with Gasteiger partial charge in [-0.3, -0.25) is 29.4 Å². The Labute approximate surface area is 270 Å². The van der Waals surface area contributed by atoms with Crippen LogP contribution in [0.15, 0.2) is 0 Å². The van der Waals surface area contributed by atoms with Gasteiger partial charge in [0.1, 0.15) is 0 Å². The van der Waals surface area contributed by atoms with Crippen molar-refractivity contribution in [2.75, 3.05) is 45.8 Å². The SMILES string of the molecule is CCCNC1(O)CCCN1C(CCN1CCCC1=O)CC(CC(CC(CC)N1CCCC1=O)N1CCCC1=O)N1CCCC1=O. The molecule has 5 heterocycles. The maximum absolute atomic E-state index is 13.4. The van der Waals surface area contributed by atoms with E-state index in [4.69, 9.17) is 0 Å². The maximum Gasteiger partial charge on any atom is 0.222 e. The average molecular weight is 631 g/mol. The van der Waals surface area contributed by atoms with Crippen molar-refractivity contribution in [3.8, 4) is 0 Å². The molecule has 0 bridgehead atoms. The van der Waals surface area contributed by atoms with Crippen molar-refractivity contribution in [1.82, 2.24) is 29.8 Å². The van der Waals surface area contributed by atoms with Crippen LogP contribution < -0.4 is 5.32 Å². The number of carbonyl (C=O) groups excluding carboxylic acids is 4. The fourth-order valence-electron chi connectivity index (χ4n) is 8.79. The van der Waals surface area contributed by atoms with Crippen LogP contribution >= 0.6 is 0 Å². The van der Waals surface area contributed by atoms with Crippen LogP contribution in [0.4, 0.5) is 0 Å². The predicted molar refractivity (Wildman–Crippen MR) is 172 cm³/mol. The second kappa shape index (κ2) is 15.6. The average Bonchev–Trinajstić information content (AvgIpc) is 3.87. The van der Waals surface area contributed by atoms with E-state index in [9.17, 15) is 24.3 Å². The van der Waals surface area contributed by atoms with Crippen LogP contribution in [-0.2, 0) is 19.2 Å². The monoisotopic (exact) mass is 630 g/mol. The fraction of sp³-hybridized carbons (Fsp3) is 0.882. The number of hydrogen-bond donors (Lipinski definition) is 2. The summed E-state index contributed by atoms with van der Waals surface area (Å²) < 4.78 is 0. The summed E-state index contributed by atoms with van der Waals surface area (Å²) in [7, 11) is 0. The van der Waals surface area contributed by atoms with Gasteiger partial charge >= 0.3 is 0 Å². The summed E-state index contributed by atoms with van der Waals surface area (Å²) in [5.41, 5.74) is 0. The van der Waals surface area contributed by atoms with Crippen molar-refractivity contribution < 1.29 is 24.3 Å². The molecule has 45 heavy (non-hydrogen) atoms. The molecule has 2 N–H and O–H groups in total. The minimum absolute atomic E-state index is 0.0364. The minimum atomic E-state index is -1.11. The third-order valence-corrected chi connectivity index (χ3v) is 11.2. The number of nitrogens with one attached hydrogen (secondary N) is 1. The highest BCUT2D eigenvalue weighted by Gasteiger charge is 2.45. The van der Waals surface area contributed by atoms with Gasteiger partial charge in [-0.05, 0) is 77.2 Å². The number of hydrogen-bond acceptors (Lipinski definition) is 7. The molecule has 5 saturated heterocycles. The lowest BCUT2D eigenvalue weighted by atomic mass is 9.90. The largest absolute Gasteiger partial charge is 0.363 e. The summed E-state index contributed by atoms with van der Waals surface area (Å²) in [6.45, 7) is 9.35. The van der Waals surface area contributed by atoms with E-state index in [1.807, 2.05) is 14.7 Å². The van der Waals surface area contributed by atoms with Gasteiger partial charge in [-0.25, -0.2) is 0 Å². The van der Waals surface area contributed by atoms with E-state index < -0.39 is 5.85 Å². The lowest BCUT2D eigenvalue weighted by Crippen LogP contribution is -2.60. The van der Waals surface area contributed by atoms with Gasteiger partial charge in [-0.15, -0.1) is 0 Å². The van der Waals surface area contributed by atoms with E-state index >= 15 is 0 Å². The van der Waals surface area contributed by atoms with Crippen LogP contribution in [0.25, 0.3) is 0 Å². The molecule has 5 atom stereocenters. The third kappa shape index (κ3) is 8.01. The smallest absolute Gasteiger partial charge is 0.222 e. The first-order chi connectivity index (χ1) is 21.7. The topological polar surface area (TPSA) is 117 Å². The maximum atomic E-state index is 13.4. The Hall–Kier alpha value is -2.24. The van der Waals surface area contributed by atoms with Crippen LogP contribution in [0, 0.1) is 0 Å². The Morgan fingerprint density at radius 1 is 0.667 bits per heavy atom. The molecule has 5 aliphatic rings. The first kappa shape index (κ1) is 34.1. The van der Waals surface area contributed by atoms with Gasteiger partial charge < -0.3 is 24.7 Å². The van der Waals surface area contributed by atoms with Gasteiger partial charge in [0.25, 0.3) is 0 Å². The van der Waals surface area contributed by atoms with Gasteiger partial charge in [0, 0.05) is 95.5 Å². The van der Waals surface area contributed by atoms with E-state index in [2.05, 4.69) is 29.0 Å². The minimum Gasteiger partial charge on any atom is -0.363 e. The molecule has 0 aliphatic carbocycles. The number of rotatable bonds is 17. The van der Waals surface area contributed by atoms with Gasteiger partial charge in [-0.2, -0.15) is 0 Å². The van der Waals surface area contributed by atoms with Gasteiger partial charge in [0.15, 0.2) is 5.85 Å². The van der Waals surface area contributed by atoms with Crippen molar-refractivity contribution in [3.05, 3.63) is 0 Å². The molecule has 5 aliphatic heterocycles. The molecule has 0 radical (unpaired) electrons. The highest BCUT2D eigenvalue weighted by molar-refractivity contribution is 5.80. The zero-order chi connectivity index (χ0) is 32.0. The molecule has 11 nitrogen and oxygen atoms in total. The van der Waals surface area contributed by atoms with Crippen molar-refractivity contribution >= 4 is 23.6 Å². The second-order valence-corrected chi connectivity index (χ2v) is 14.1. The van der Waals surface area contributed by atoms with Gasteiger partial charge in [-0.1, -0.05) is 13.8 Å². The Kier molecular flexibility index (Phi) is 11.8. The van der Waals surface area contributed by atoms with Crippen molar-refractivity contribution in [1.29, 1.82) is 0 Å². The molecule has 5 fully saturated rings. The van der Waals surface area contributed by atoms with E-state index in [0.717, 1.165) is 84.0 Å². The molecule has 5 rings (SSSR count). The first-order valence-corrected chi connectivity index (χ1v) is 18.1. The van der Waals surface area contributed by atoms with E-state index in [1.165, 1.54) is 0 Å². The summed E-state index contributed by atoms with van der Waals surface area (Å²) in [5.74, 6) is -0.346. The van der Waals surface area contributed by atoms with Crippen LogP contribution in [-0.4, -0.2) is 129 Å². The summed E-state index contributed by atoms with van der Waals surface area (Å²) in [6, 6.07) is -0.119. The van der Waals surface area contributed by atoms with Gasteiger partial charge in [0.2, 0.25) is 23.6 Å². The molecule has 0 aromatic carbocycles. The van der Waals surface area contributed by atoms with E-state index in [1.54, 1.807) is 0 Å². The zero-order valence-corrected chi connectivity index (χ0v) is 27.9. The number of likely N-dealkylation sites (tertiary alicyclic amines) is 5. The summed E-state index contributed by atoms with van der Waals surface area (Å²) in [4.78, 5) is 62.2. The Morgan fingerprint density at radius 3 is 1.67 bits per heavy atom. The van der Waals surface area contributed by atoms with Crippen molar-refractivity contribution in [3.63, 3.8) is 0 Å². The van der Waals surface area contributed by atoms with Crippen LogP contribution in [0.1, 0.15) is 117 Å². The highest BCUT2D eigenvalue weighted by atomic mass is 16.3. The highest BCUT2D eigenvalue weighted by Crippen LogP contribution is 2.34. The molecule has 11 heteroatoms. The van der Waals surface area contributed by atoms with Crippen molar-refractivity contribution in [2.45, 2.75) is 147 Å². The predicted octanol–water partition coefficient (Wildman–Crippen LogP) is 2.66. The van der Waals surface area contributed by atoms with E-state index in [-0.39, 0.29) is 47.8 Å². The lowest BCUT2D eigenvalue weighted by Gasteiger charge is -2.44. The molecular weight excluding hydrogens is 572 g/mol. The van der Waals surface area contributed by atoms with Gasteiger partial charge in [0.05, 0.1) is 0 Å². The third-order valence-electron chi connectivity index (χ3n) is 11.2. The molecule has 4 amide bonds. The van der Waals surface area contributed by atoms with E-state index in [0.29, 0.717) is 64.6 Å². The number of aliphatic hydroxyl groups is 1. The van der Waals surface area contributed by atoms with Crippen LogP contribution in [0.2, 0.25) is 0 Å². The Balaban J connectivity index is 1.42. The normalized spacial score (nSPS) is 27.4. The molecular formula is C34H58N6O5. The quantitative estimate of drug-likeness (QED) is 0.238. The summed E-state index contributed by atoms with van der Waals surface area (Å²) >= 11 is 0. The molecule has 5 unspecified atom stereocenters. The molecule has 0 aromatic heterocycles. The molecule has 254 valence electrons. The molecule has 0 spiro atoms. The van der Waals surface area contributed by atoms with Crippen LogP contribution in [0.5, 0.6) is 0 Å². The Bertz CT molecular complexity index is 1060. The molecule has 0 aromatic rings. The summed E-state index contributed by atoms with van der Waals surface area (Å²) in [6.07, 6.45) is 11.9. The van der Waals surface area contributed by atoms with Crippen LogP contribution in [0.3, 0.4) is 0 Å². The standard InChI is InChI=1S/C34H58N6O5/c1-3-16-35-34(45)15-9-21-40(34)27(14-22-36-17-5-10-30(36)41)24-29(39-20-8-13-33(39)44)25-28(38-19-7-12-32(38)43)23-26(4-2)37-18-6-11-31(37)42/h26-29,35,45H,3-25H2,1-2H3. The first-order valence-electron chi connectivity index (χ1n) is 18.1. The summed E-state index contributed by atoms with van der Waals surface area (Å²) in [5, 5.41) is 15.3. The zero-order valence-electron chi connectivity index (χ0n) is 27.9. The number of amides is 4. The lowest BCUT2D eigenvalue weighted by molar-refractivity contribution is -0.138. The fourth-order valence-corrected chi connectivity index (χ4v) is 8.79. The molecule has 0 saturated carbocycles. The van der Waals surface area contributed by atoms with Crippen molar-refractivity contribution in [2.24, 2.45) is 0 Å². The number of carbonyl (C=O) groups is 4.